The SMILES string of the molecule is CCCC(O)CNc1nc(NN)ncc1C. The molecule has 1 unspecified atom stereocenters. The lowest BCUT2D eigenvalue weighted by Gasteiger charge is -2.13. The first kappa shape index (κ1) is 12.7. The normalized spacial score (nSPS) is 12.2. The molecule has 1 rings (SSSR count). The van der Waals surface area contributed by atoms with Gasteiger partial charge < -0.3 is 10.4 Å². The van der Waals surface area contributed by atoms with Crippen LogP contribution in [0, 0.1) is 6.92 Å². The summed E-state index contributed by atoms with van der Waals surface area (Å²) in [6, 6.07) is 0. The second kappa shape index (κ2) is 6.24. The summed E-state index contributed by atoms with van der Waals surface area (Å²) in [5.74, 6) is 6.27. The summed E-state index contributed by atoms with van der Waals surface area (Å²) in [5.41, 5.74) is 3.30. The molecule has 0 saturated carbocycles. The average Bonchev–Trinajstić information content (AvgIpc) is 2.28. The number of hydrogen-bond donors (Lipinski definition) is 4. The molecule has 1 aromatic heterocycles. The van der Waals surface area contributed by atoms with Crippen molar-refractivity contribution in [3.05, 3.63) is 11.8 Å². The number of nitrogens with zero attached hydrogens (tertiary/aromatic N) is 2. The van der Waals surface area contributed by atoms with E-state index in [4.69, 9.17) is 5.84 Å². The number of rotatable bonds is 6. The second-order valence-electron chi connectivity index (χ2n) is 3.69. The Labute approximate surface area is 95.3 Å². The van der Waals surface area contributed by atoms with Crippen LogP contribution in [-0.4, -0.2) is 27.7 Å². The third kappa shape index (κ3) is 3.63. The molecular formula is C10H19N5O. The van der Waals surface area contributed by atoms with E-state index < -0.39 is 0 Å². The predicted octanol–water partition coefficient (Wildman–Crippen LogP) is 0.644. The Hall–Kier alpha value is -1.40. The first-order valence-electron chi connectivity index (χ1n) is 5.39. The molecule has 1 heterocycles. The summed E-state index contributed by atoms with van der Waals surface area (Å²) >= 11 is 0. The highest BCUT2D eigenvalue weighted by Crippen LogP contribution is 2.12. The average molecular weight is 225 g/mol. The van der Waals surface area contributed by atoms with Gasteiger partial charge in [0.1, 0.15) is 5.82 Å². The van der Waals surface area contributed by atoms with Crippen molar-refractivity contribution in [1.29, 1.82) is 0 Å². The summed E-state index contributed by atoms with van der Waals surface area (Å²) in [7, 11) is 0. The lowest BCUT2D eigenvalue weighted by atomic mass is 10.2. The van der Waals surface area contributed by atoms with E-state index in [-0.39, 0.29) is 6.10 Å². The Bertz CT molecular complexity index is 331. The third-order valence-electron chi connectivity index (χ3n) is 2.23. The Morgan fingerprint density at radius 2 is 2.31 bits per heavy atom. The molecule has 0 aliphatic carbocycles. The van der Waals surface area contributed by atoms with Gasteiger partial charge in [0, 0.05) is 18.3 Å². The molecule has 0 spiro atoms. The van der Waals surface area contributed by atoms with Crippen LogP contribution < -0.4 is 16.6 Å². The molecule has 5 N–H and O–H groups in total. The maximum Gasteiger partial charge on any atom is 0.239 e. The van der Waals surface area contributed by atoms with E-state index in [1.807, 2.05) is 13.8 Å². The van der Waals surface area contributed by atoms with E-state index in [9.17, 15) is 5.11 Å². The monoisotopic (exact) mass is 225 g/mol. The molecule has 0 aliphatic heterocycles. The van der Waals surface area contributed by atoms with Crippen LogP contribution >= 0.6 is 0 Å². The molecule has 6 heteroatoms. The highest BCUT2D eigenvalue weighted by Gasteiger charge is 2.06. The van der Waals surface area contributed by atoms with E-state index in [1.165, 1.54) is 0 Å². The number of hydrazine groups is 1. The minimum Gasteiger partial charge on any atom is -0.391 e. The number of anilines is 2. The van der Waals surface area contributed by atoms with Crippen LogP contribution in [0.4, 0.5) is 11.8 Å². The van der Waals surface area contributed by atoms with Gasteiger partial charge in [0.2, 0.25) is 5.95 Å². The molecular weight excluding hydrogens is 206 g/mol. The van der Waals surface area contributed by atoms with Gasteiger partial charge in [-0.3, -0.25) is 5.43 Å². The molecule has 6 nitrogen and oxygen atoms in total. The number of aryl methyl sites for hydroxylation is 1. The van der Waals surface area contributed by atoms with E-state index in [1.54, 1.807) is 6.20 Å². The number of nitrogen functional groups attached to an aromatic ring is 1. The first-order valence-corrected chi connectivity index (χ1v) is 5.39. The van der Waals surface area contributed by atoms with Gasteiger partial charge in [0.05, 0.1) is 6.10 Å². The molecule has 0 amide bonds. The predicted molar refractivity (Wildman–Crippen MR) is 64.0 cm³/mol. The molecule has 90 valence electrons. The Morgan fingerprint density at radius 3 is 2.94 bits per heavy atom. The molecule has 0 bridgehead atoms. The van der Waals surface area contributed by atoms with E-state index in [2.05, 4.69) is 20.7 Å². The van der Waals surface area contributed by atoms with Crippen molar-refractivity contribution in [2.24, 2.45) is 5.84 Å². The van der Waals surface area contributed by atoms with Gasteiger partial charge in [-0.2, -0.15) is 4.98 Å². The van der Waals surface area contributed by atoms with E-state index >= 15 is 0 Å². The van der Waals surface area contributed by atoms with Crippen LogP contribution in [-0.2, 0) is 0 Å². The molecule has 1 atom stereocenters. The summed E-state index contributed by atoms with van der Waals surface area (Å²) in [6.07, 6.45) is 3.06. The minimum atomic E-state index is -0.353. The maximum atomic E-state index is 9.58. The van der Waals surface area contributed by atoms with Crippen LogP contribution in [0.15, 0.2) is 6.20 Å². The number of aliphatic hydroxyl groups excluding tert-OH is 1. The van der Waals surface area contributed by atoms with Crippen LogP contribution in [0.5, 0.6) is 0 Å². The lowest BCUT2D eigenvalue weighted by Crippen LogP contribution is -2.21. The van der Waals surface area contributed by atoms with Crippen molar-refractivity contribution in [3.8, 4) is 0 Å². The fraction of sp³-hybridized carbons (Fsp3) is 0.600. The van der Waals surface area contributed by atoms with Crippen LogP contribution in [0.25, 0.3) is 0 Å². The fourth-order valence-corrected chi connectivity index (χ4v) is 1.34. The van der Waals surface area contributed by atoms with E-state index in [0.29, 0.717) is 18.3 Å². The van der Waals surface area contributed by atoms with Gasteiger partial charge in [0.25, 0.3) is 0 Å². The van der Waals surface area contributed by atoms with Crippen molar-refractivity contribution in [1.82, 2.24) is 9.97 Å². The maximum absolute atomic E-state index is 9.58. The van der Waals surface area contributed by atoms with Crippen LogP contribution in [0.1, 0.15) is 25.3 Å². The Kier molecular flexibility index (Phi) is 4.94. The van der Waals surface area contributed by atoms with Crippen molar-refractivity contribution in [2.75, 3.05) is 17.3 Å². The molecule has 0 fully saturated rings. The smallest absolute Gasteiger partial charge is 0.239 e. The van der Waals surface area contributed by atoms with Crippen LogP contribution in [0.2, 0.25) is 0 Å². The topological polar surface area (TPSA) is 96.1 Å². The van der Waals surface area contributed by atoms with Gasteiger partial charge in [0.15, 0.2) is 0 Å². The summed E-state index contributed by atoms with van der Waals surface area (Å²) in [5, 5.41) is 12.7. The van der Waals surface area contributed by atoms with Crippen LogP contribution in [0.3, 0.4) is 0 Å². The zero-order valence-electron chi connectivity index (χ0n) is 9.70. The Balaban J connectivity index is 2.58. The highest BCUT2D eigenvalue weighted by molar-refractivity contribution is 5.46. The zero-order chi connectivity index (χ0) is 12.0. The van der Waals surface area contributed by atoms with Gasteiger partial charge >= 0.3 is 0 Å². The second-order valence-corrected chi connectivity index (χ2v) is 3.69. The number of hydrogen-bond acceptors (Lipinski definition) is 6. The lowest BCUT2D eigenvalue weighted by molar-refractivity contribution is 0.176. The third-order valence-corrected chi connectivity index (χ3v) is 2.23. The number of nitrogens with two attached hydrogens (primary N) is 1. The molecule has 16 heavy (non-hydrogen) atoms. The van der Waals surface area contributed by atoms with Crippen molar-refractivity contribution in [3.63, 3.8) is 0 Å². The molecule has 0 radical (unpaired) electrons. The fourth-order valence-electron chi connectivity index (χ4n) is 1.34. The number of nitrogens with one attached hydrogen (secondary N) is 2. The Morgan fingerprint density at radius 1 is 1.56 bits per heavy atom. The van der Waals surface area contributed by atoms with Gasteiger partial charge in [-0.15, -0.1) is 0 Å². The van der Waals surface area contributed by atoms with Gasteiger partial charge in [-0.25, -0.2) is 10.8 Å². The number of aromatic nitrogens is 2. The molecule has 0 saturated heterocycles. The largest absolute Gasteiger partial charge is 0.391 e. The standard InChI is InChI=1S/C10H19N5O/c1-3-4-8(16)6-12-9-7(2)5-13-10(14-9)15-11/h5,8,16H,3-4,6,11H2,1-2H3,(H2,12,13,14,15). The highest BCUT2D eigenvalue weighted by atomic mass is 16.3. The zero-order valence-corrected chi connectivity index (χ0v) is 9.70. The first-order chi connectivity index (χ1) is 7.67. The molecule has 0 aromatic carbocycles. The summed E-state index contributed by atoms with van der Waals surface area (Å²) < 4.78 is 0. The summed E-state index contributed by atoms with van der Waals surface area (Å²) in [6.45, 7) is 4.42. The molecule has 1 aromatic rings. The molecule has 0 aliphatic rings. The minimum absolute atomic E-state index is 0.353. The van der Waals surface area contributed by atoms with Gasteiger partial charge in [-0.1, -0.05) is 13.3 Å². The van der Waals surface area contributed by atoms with Crippen molar-refractivity contribution >= 4 is 11.8 Å². The summed E-state index contributed by atoms with van der Waals surface area (Å²) in [4.78, 5) is 8.12. The van der Waals surface area contributed by atoms with Crippen molar-refractivity contribution < 1.29 is 5.11 Å². The van der Waals surface area contributed by atoms with Gasteiger partial charge in [-0.05, 0) is 13.3 Å². The van der Waals surface area contributed by atoms with E-state index in [0.717, 1.165) is 18.4 Å². The quantitative estimate of drug-likeness (QED) is 0.419. The van der Waals surface area contributed by atoms with Crippen molar-refractivity contribution in [2.45, 2.75) is 32.8 Å². The number of aliphatic hydroxyl groups is 1.